The SMILES string of the molecule is CCN(C(=O)c1ccc(N(C)c2ccccc2)nc1)c1ccc(C)cc1C. The molecule has 4 nitrogen and oxygen atoms in total. The van der Waals surface area contributed by atoms with Crippen molar-refractivity contribution in [3.05, 3.63) is 83.6 Å². The number of amides is 1. The molecule has 0 atom stereocenters. The van der Waals surface area contributed by atoms with Crippen molar-refractivity contribution in [2.24, 2.45) is 0 Å². The van der Waals surface area contributed by atoms with Crippen molar-refractivity contribution < 1.29 is 4.79 Å². The summed E-state index contributed by atoms with van der Waals surface area (Å²) in [6, 6.07) is 19.9. The Bertz CT molecular complexity index is 920. The summed E-state index contributed by atoms with van der Waals surface area (Å²) in [5, 5.41) is 0. The van der Waals surface area contributed by atoms with E-state index in [0.29, 0.717) is 12.1 Å². The summed E-state index contributed by atoms with van der Waals surface area (Å²) >= 11 is 0. The second-order valence-electron chi connectivity index (χ2n) is 6.64. The van der Waals surface area contributed by atoms with E-state index in [2.05, 4.69) is 18.0 Å². The molecule has 1 aromatic heterocycles. The summed E-state index contributed by atoms with van der Waals surface area (Å²) in [4.78, 5) is 21.3. The van der Waals surface area contributed by atoms with Gasteiger partial charge in [0.1, 0.15) is 5.82 Å². The van der Waals surface area contributed by atoms with Gasteiger partial charge in [-0.05, 0) is 56.7 Å². The van der Waals surface area contributed by atoms with Gasteiger partial charge in [0.05, 0.1) is 5.56 Å². The number of anilines is 3. The summed E-state index contributed by atoms with van der Waals surface area (Å²) < 4.78 is 0. The van der Waals surface area contributed by atoms with Gasteiger partial charge in [0.15, 0.2) is 0 Å². The highest BCUT2D eigenvalue weighted by atomic mass is 16.2. The predicted octanol–water partition coefficient (Wildman–Crippen LogP) is 5.13. The van der Waals surface area contributed by atoms with Crippen molar-refractivity contribution in [3.63, 3.8) is 0 Å². The van der Waals surface area contributed by atoms with Gasteiger partial charge in [-0.1, -0.05) is 35.9 Å². The van der Waals surface area contributed by atoms with Crippen LogP contribution in [0, 0.1) is 13.8 Å². The van der Waals surface area contributed by atoms with E-state index in [9.17, 15) is 4.79 Å². The number of pyridine rings is 1. The lowest BCUT2D eigenvalue weighted by Crippen LogP contribution is -2.31. The molecule has 0 radical (unpaired) electrons. The van der Waals surface area contributed by atoms with Crippen molar-refractivity contribution in [3.8, 4) is 0 Å². The maximum atomic E-state index is 13.0. The molecule has 0 spiro atoms. The molecular formula is C23H25N3O. The van der Waals surface area contributed by atoms with Gasteiger partial charge in [-0.2, -0.15) is 0 Å². The highest BCUT2D eigenvalue weighted by Gasteiger charge is 2.18. The van der Waals surface area contributed by atoms with Gasteiger partial charge in [0.25, 0.3) is 5.91 Å². The first kappa shape index (κ1) is 18.6. The number of aryl methyl sites for hydroxylation is 2. The number of carbonyl (C=O) groups is 1. The zero-order valence-electron chi connectivity index (χ0n) is 16.3. The topological polar surface area (TPSA) is 36.4 Å². The van der Waals surface area contributed by atoms with Crippen molar-refractivity contribution in [1.29, 1.82) is 0 Å². The summed E-state index contributed by atoms with van der Waals surface area (Å²) in [5.74, 6) is 0.762. The molecule has 0 saturated carbocycles. The fourth-order valence-corrected chi connectivity index (χ4v) is 3.18. The van der Waals surface area contributed by atoms with E-state index in [1.165, 1.54) is 5.56 Å². The Kier molecular flexibility index (Phi) is 5.55. The smallest absolute Gasteiger partial charge is 0.259 e. The monoisotopic (exact) mass is 359 g/mol. The highest BCUT2D eigenvalue weighted by Crippen LogP contribution is 2.24. The first-order valence-electron chi connectivity index (χ1n) is 9.15. The first-order chi connectivity index (χ1) is 13.0. The van der Waals surface area contributed by atoms with Crippen LogP contribution in [0.2, 0.25) is 0 Å². The fraction of sp³-hybridized carbons (Fsp3) is 0.217. The molecule has 0 aliphatic carbocycles. The number of nitrogens with zero attached hydrogens (tertiary/aromatic N) is 3. The van der Waals surface area contributed by atoms with E-state index < -0.39 is 0 Å². The van der Waals surface area contributed by atoms with E-state index >= 15 is 0 Å². The van der Waals surface area contributed by atoms with Crippen LogP contribution in [-0.2, 0) is 0 Å². The van der Waals surface area contributed by atoms with Crippen LogP contribution in [0.25, 0.3) is 0 Å². The van der Waals surface area contributed by atoms with Gasteiger partial charge in [0, 0.05) is 31.2 Å². The van der Waals surface area contributed by atoms with Crippen molar-refractivity contribution in [2.45, 2.75) is 20.8 Å². The maximum Gasteiger partial charge on any atom is 0.259 e. The van der Waals surface area contributed by atoms with Gasteiger partial charge in [-0.3, -0.25) is 4.79 Å². The molecule has 0 aliphatic heterocycles. The lowest BCUT2D eigenvalue weighted by Gasteiger charge is -2.24. The Labute approximate surface area is 161 Å². The Morgan fingerprint density at radius 2 is 1.74 bits per heavy atom. The molecule has 3 rings (SSSR count). The minimum Gasteiger partial charge on any atom is -0.329 e. The molecule has 0 bridgehead atoms. The number of benzene rings is 2. The molecule has 1 heterocycles. The molecule has 1 amide bonds. The number of hydrogen-bond acceptors (Lipinski definition) is 3. The molecule has 2 aromatic carbocycles. The van der Waals surface area contributed by atoms with Crippen molar-refractivity contribution in [1.82, 2.24) is 4.98 Å². The average molecular weight is 359 g/mol. The van der Waals surface area contributed by atoms with E-state index in [-0.39, 0.29) is 5.91 Å². The third kappa shape index (κ3) is 4.00. The number of aromatic nitrogens is 1. The molecule has 4 heteroatoms. The molecule has 138 valence electrons. The number of para-hydroxylation sites is 1. The zero-order valence-corrected chi connectivity index (χ0v) is 16.3. The number of hydrogen-bond donors (Lipinski definition) is 0. The van der Waals surface area contributed by atoms with Gasteiger partial charge in [-0.25, -0.2) is 4.98 Å². The highest BCUT2D eigenvalue weighted by molar-refractivity contribution is 6.06. The predicted molar refractivity (Wildman–Crippen MR) is 112 cm³/mol. The fourth-order valence-electron chi connectivity index (χ4n) is 3.18. The zero-order chi connectivity index (χ0) is 19.4. The van der Waals surface area contributed by atoms with Crippen LogP contribution < -0.4 is 9.80 Å². The van der Waals surface area contributed by atoms with Crippen LogP contribution in [0.1, 0.15) is 28.4 Å². The second-order valence-corrected chi connectivity index (χ2v) is 6.64. The molecule has 0 unspecified atom stereocenters. The van der Waals surface area contributed by atoms with Crippen LogP contribution in [0.4, 0.5) is 17.2 Å². The Morgan fingerprint density at radius 1 is 1.00 bits per heavy atom. The third-order valence-corrected chi connectivity index (χ3v) is 4.69. The standard InChI is InChI=1S/C23H25N3O/c1-5-26(21-13-11-17(2)15-18(21)3)23(27)19-12-14-22(24-16-19)25(4)20-9-7-6-8-10-20/h6-16H,5H2,1-4H3. The largest absolute Gasteiger partial charge is 0.329 e. The molecule has 3 aromatic rings. The Hall–Kier alpha value is -3.14. The van der Waals surface area contributed by atoms with Gasteiger partial charge in [-0.15, -0.1) is 0 Å². The number of rotatable bonds is 5. The van der Waals surface area contributed by atoms with Gasteiger partial charge < -0.3 is 9.80 Å². The molecule has 27 heavy (non-hydrogen) atoms. The minimum atomic E-state index is -0.0362. The van der Waals surface area contributed by atoms with Crippen LogP contribution in [0.15, 0.2) is 66.9 Å². The van der Waals surface area contributed by atoms with Gasteiger partial charge in [0.2, 0.25) is 0 Å². The van der Waals surface area contributed by atoms with Crippen LogP contribution in [-0.4, -0.2) is 24.5 Å². The normalized spacial score (nSPS) is 10.5. The average Bonchev–Trinajstić information content (AvgIpc) is 2.70. The Morgan fingerprint density at radius 3 is 2.33 bits per heavy atom. The lowest BCUT2D eigenvalue weighted by atomic mass is 10.1. The second kappa shape index (κ2) is 8.04. The summed E-state index contributed by atoms with van der Waals surface area (Å²) in [6.07, 6.45) is 1.66. The van der Waals surface area contributed by atoms with Crippen LogP contribution >= 0.6 is 0 Å². The summed E-state index contributed by atoms with van der Waals surface area (Å²) in [5.41, 5.74) is 4.86. The Balaban J connectivity index is 1.84. The van der Waals surface area contributed by atoms with E-state index in [4.69, 9.17) is 0 Å². The minimum absolute atomic E-state index is 0.0362. The molecule has 0 fully saturated rings. The third-order valence-electron chi connectivity index (χ3n) is 4.69. The molecule has 0 aliphatic rings. The quantitative estimate of drug-likeness (QED) is 0.633. The van der Waals surface area contributed by atoms with E-state index in [1.54, 1.807) is 11.1 Å². The summed E-state index contributed by atoms with van der Waals surface area (Å²) in [7, 11) is 1.97. The van der Waals surface area contributed by atoms with Crippen molar-refractivity contribution >= 4 is 23.1 Å². The number of carbonyl (C=O) groups excluding carboxylic acids is 1. The molecule has 0 N–H and O–H groups in total. The van der Waals surface area contributed by atoms with E-state index in [0.717, 1.165) is 22.8 Å². The van der Waals surface area contributed by atoms with E-state index in [1.807, 2.05) is 80.4 Å². The van der Waals surface area contributed by atoms with Crippen LogP contribution in [0.5, 0.6) is 0 Å². The van der Waals surface area contributed by atoms with Gasteiger partial charge >= 0.3 is 0 Å². The lowest BCUT2D eigenvalue weighted by molar-refractivity contribution is 0.0988. The summed E-state index contributed by atoms with van der Waals surface area (Å²) in [6.45, 7) is 6.69. The first-order valence-corrected chi connectivity index (χ1v) is 9.15. The van der Waals surface area contributed by atoms with Crippen molar-refractivity contribution in [2.75, 3.05) is 23.4 Å². The maximum absolute atomic E-state index is 13.0. The molecular weight excluding hydrogens is 334 g/mol. The molecule has 0 saturated heterocycles. The van der Waals surface area contributed by atoms with Crippen LogP contribution in [0.3, 0.4) is 0 Å².